The number of nitrogens with one attached hydrogen (secondary N) is 2. The van der Waals surface area contributed by atoms with Crippen LogP contribution in [0.15, 0.2) is 65.9 Å². The van der Waals surface area contributed by atoms with Crippen LogP contribution in [0.5, 0.6) is 5.75 Å². The molecule has 7 heteroatoms. The Balaban J connectivity index is 1.94. The van der Waals surface area contributed by atoms with Gasteiger partial charge in [-0.25, -0.2) is 0 Å². The first kappa shape index (κ1) is 18.1. The Bertz CT molecular complexity index is 913. The summed E-state index contributed by atoms with van der Waals surface area (Å²) in [6.45, 7) is -0.126. The zero-order valence-corrected chi connectivity index (χ0v) is 13.6. The molecule has 2 aromatic rings. The second-order valence-corrected chi connectivity index (χ2v) is 4.94. The average Bonchev–Trinajstić information content (AvgIpc) is 2.68. The van der Waals surface area contributed by atoms with Gasteiger partial charge in [0, 0.05) is 11.4 Å². The molecule has 1 amide bonds. The third kappa shape index (κ3) is 5.13. The number of nitriles is 3. The lowest BCUT2D eigenvalue weighted by Gasteiger charge is -2.09. The van der Waals surface area contributed by atoms with Crippen LogP contribution in [0.1, 0.15) is 0 Å². The fraction of sp³-hybridized carbons (Fsp3) is 0.0526. The minimum atomic E-state index is -0.316. The average molecular weight is 343 g/mol. The maximum Gasteiger partial charge on any atom is 0.262 e. The SMILES string of the molecule is N#CC(C#N)=C(C#N)Nc1ccc(NC(=O)COc2ccccc2)cc1. The predicted octanol–water partition coefficient (Wildman–Crippen LogP) is 2.94. The summed E-state index contributed by atoms with van der Waals surface area (Å²) >= 11 is 0. The normalized spacial score (nSPS) is 8.96. The highest BCUT2D eigenvalue weighted by Crippen LogP contribution is 2.16. The number of benzene rings is 2. The van der Waals surface area contributed by atoms with Crippen LogP contribution in [-0.4, -0.2) is 12.5 Å². The molecule has 0 bridgehead atoms. The zero-order valence-electron chi connectivity index (χ0n) is 13.6. The van der Waals surface area contributed by atoms with Gasteiger partial charge < -0.3 is 15.4 Å². The van der Waals surface area contributed by atoms with Gasteiger partial charge in [-0.1, -0.05) is 18.2 Å². The molecule has 2 rings (SSSR count). The smallest absolute Gasteiger partial charge is 0.262 e. The van der Waals surface area contributed by atoms with Crippen molar-refractivity contribution >= 4 is 17.3 Å². The van der Waals surface area contributed by atoms with Gasteiger partial charge in [0.05, 0.1) is 0 Å². The number of hydrogen-bond donors (Lipinski definition) is 2. The molecule has 0 saturated carbocycles. The van der Waals surface area contributed by atoms with Gasteiger partial charge in [-0.05, 0) is 36.4 Å². The molecule has 26 heavy (non-hydrogen) atoms. The van der Waals surface area contributed by atoms with Crippen molar-refractivity contribution in [2.24, 2.45) is 0 Å². The third-order valence-electron chi connectivity index (χ3n) is 3.14. The third-order valence-corrected chi connectivity index (χ3v) is 3.14. The maximum atomic E-state index is 11.9. The molecule has 0 spiro atoms. The van der Waals surface area contributed by atoms with E-state index >= 15 is 0 Å². The van der Waals surface area contributed by atoms with Crippen molar-refractivity contribution in [2.45, 2.75) is 0 Å². The van der Waals surface area contributed by atoms with E-state index in [0.29, 0.717) is 17.1 Å². The highest BCUT2D eigenvalue weighted by molar-refractivity contribution is 5.92. The quantitative estimate of drug-likeness (QED) is 0.778. The van der Waals surface area contributed by atoms with Crippen LogP contribution in [0, 0.1) is 34.0 Å². The summed E-state index contributed by atoms with van der Waals surface area (Å²) in [5.74, 6) is 0.284. The summed E-state index contributed by atoms with van der Waals surface area (Å²) in [5.41, 5.74) is 0.606. The largest absolute Gasteiger partial charge is 0.484 e. The number of para-hydroxylation sites is 1. The van der Waals surface area contributed by atoms with Crippen LogP contribution >= 0.6 is 0 Å². The van der Waals surface area contributed by atoms with Crippen LogP contribution in [0.25, 0.3) is 0 Å². The Morgan fingerprint density at radius 3 is 1.96 bits per heavy atom. The fourth-order valence-corrected chi connectivity index (χ4v) is 1.93. The lowest BCUT2D eigenvalue weighted by atomic mass is 10.2. The Morgan fingerprint density at radius 2 is 1.42 bits per heavy atom. The molecule has 126 valence electrons. The number of carbonyl (C=O) groups excluding carboxylic acids is 1. The van der Waals surface area contributed by atoms with Gasteiger partial charge in [-0.15, -0.1) is 0 Å². The molecule has 0 heterocycles. The molecule has 0 fully saturated rings. The minimum absolute atomic E-state index is 0.126. The lowest BCUT2D eigenvalue weighted by Crippen LogP contribution is -2.20. The topological polar surface area (TPSA) is 122 Å². The van der Waals surface area contributed by atoms with Gasteiger partial charge in [0.15, 0.2) is 12.2 Å². The van der Waals surface area contributed by atoms with Crippen molar-refractivity contribution in [1.82, 2.24) is 0 Å². The standard InChI is InChI=1S/C19H13N5O2/c20-10-14(11-21)18(12-22)23-15-6-8-16(9-7-15)24-19(25)13-26-17-4-2-1-3-5-17/h1-9,23H,13H2,(H,24,25). The summed E-state index contributed by atoms with van der Waals surface area (Å²) in [6, 6.07) is 20.5. The van der Waals surface area contributed by atoms with E-state index in [1.165, 1.54) is 0 Å². The Kier molecular flexibility index (Phi) is 6.34. The van der Waals surface area contributed by atoms with E-state index in [9.17, 15) is 4.79 Å². The molecule has 0 aliphatic rings. The second kappa shape index (κ2) is 9.12. The van der Waals surface area contributed by atoms with Crippen molar-refractivity contribution in [3.8, 4) is 24.0 Å². The van der Waals surface area contributed by atoms with E-state index in [4.69, 9.17) is 20.5 Å². The fourth-order valence-electron chi connectivity index (χ4n) is 1.93. The summed E-state index contributed by atoms with van der Waals surface area (Å²) in [7, 11) is 0. The van der Waals surface area contributed by atoms with Crippen LogP contribution in [0.4, 0.5) is 11.4 Å². The van der Waals surface area contributed by atoms with E-state index in [0.717, 1.165) is 0 Å². The molecule has 0 unspecified atom stereocenters. The van der Waals surface area contributed by atoms with Gasteiger partial charge >= 0.3 is 0 Å². The van der Waals surface area contributed by atoms with Gasteiger partial charge in [0.1, 0.15) is 29.7 Å². The van der Waals surface area contributed by atoms with Crippen LogP contribution in [0.2, 0.25) is 0 Å². The molecule has 2 aromatic carbocycles. The number of carbonyl (C=O) groups is 1. The molecule has 0 radical (unpaired) electrons. The molecular formula is C19H13N5O2. The number of nitrogens with zero attached hydrogens (tertiary/aromatic N) is 3. The van der Waals surface area contributed by atoms with Crippen LogP contribution < -0.4 is 15.4 Å². The molecular weight excluding hydrogens is 330 g/mol. The Hall–Kier alpha value is -4.28. The van der Waals surface area contributed by atoms with Crippen LogP contribution in [-0.2, 0) is 4.79 Å². The van der Waals surface area contributed by atoms with Crippen molar-refractivity contribution in [1.29, 1.82) is 15.8 Å². The summed E-state index contributed by atoms with van der Waals surface area (Å²) in [5, 5.41) is 32.0. The summed E-state index contributed by atoms with van der Waals surface area (Å²) in [6.07, 6.45) is 0. The monoisotopic (exact) mass is 343 g/mol. The molecule has 0 aromatic heterocycles. The Labute approximate surface area is 150 Å². The first-order chi connectivity index (χ1) is 12.7. The highest BCUT2D eigenvalue weighted by Gasteiger charge is 2.07. The number of ether oxygens (including phenoxy) is 1. The number of amides is 1. The molecule has 0 aliphatic carbocycles. The molecule has 0 aliphatic heterocycles. The van der Waals surface area contributed by atoms with E-state index in [2.05, 4.69) is 10.6 Å². The zero-order chi connectivity index (χ0) is 18.8. The van der Waals surface area contributed by atoms with E-state index in [-0.39, 0.29) is 23.8 Å². The minimum Gasteiger partial charge on any atom is -0.484 e. The van der Waals surface area contributed by atoms with Crippen molar-refractivity contribution in [2.75, 3.05) is 17.2 Å². The summed E-state index contributed by atoms with van der Waals surface area (Å²) < 4.78 is 5.35. The number of anilines is 2. The first-order valence-electron chi connectivity index (χ1n) is 7.45. The van der Waals surface area contributed by atoms with E-state index in [1.54, 1.807) is 54.6 Å². The second-order valence-electron chi connectivity index (χ2n) is 4.94. The van der Waals surface area contributed by atoms with Crippen molar-refractivity contribution in [3.05, 3.63) is 65.9 Å². The Morgan fingerprint density at radius 1 is 0.846 bits per heavy atom. The number of allylic oxidation sites excluding steroid dienone is 2. The molecule has 2 N–H and O–H groups in total. The van der Waals surface area contributed by atoms with Gasteiger partial charge in [0.2, 0.25) is 0 Å². The van der Waals surface area contributed by atoms with Crippen LogP contribution in [0.3, 0.4) is 0 Å². The first-order valence-corrected chi connectivity index (χ1v) is 7.45. The van der Waals surface area contributed by atoms with E-state index in [1.807, 2.05) is 18.2 Å². The molecule has 7 nitrogen and oxygen atoms in total. The van der Waals surface area contributed by atoms with Crippen molar-refractivity contribution in [3.63, 3.8) is 0 Å². The highest BCUT2D eigenvalue weighted by atomic mass is 16.5. The van der Waals surface area contributed by atoms with Gasteiger partial charge in [-0.2, -0.15) is 15.8 Å². The number of rotatable bonds is 6. The van der Waals surface area contributed by atoms with Gasteiger partial charge in [-0.3, -0.25) is 4.79 Å². The van der Waals surface area contributed by atoms with E-state index < -0.39 is 0 Å². The molecule has 0 saturated heterocycles. The lowest BCUT2D eigenvalue weighted by molar-refractivity contribution is -0.118. The number of hydrogen-bond acceptors (Lipinski definition) is 6. The maximum absolute atomic E-state index is 11.9. The summed E-state index contributed by atoms with van der Waals surface area (Å²) in [4.78, 5) is 11.9. The van der Waals surface area contributed by atoms with Gasteiger partial charge in [0.25, 0.3) is 5.91 Å². The molecule has 0 atom stereocenters. The predicted molar refractivity (Wildman–Crippen MR) is 94.5 cm³/mol. The van der Waals surface area contributed by atoms with Crippen molar-refractivity contribution < 1.29 is 9.53 Å².